The summed E-state index contributed by atoms with van der Waals surface area (Å²) in [6, 6.07) is 10.6. The molecule has 28 heavy (non-hydrogen) atoms. The lowest BCUT2D eigenvalue weighted by Gasteiger charge is -2.12. The van der Waals surface area contributed by atoms with Crippen LogP contribution in [0.4, 0.5) is 0 Å². The van der Waals surface area contributed by atoms with Crippen LogP contribution < -0.4 is 14.2 Å². The number of carbonyl (C=O) groups is 2. The summed E-state index contributed by atoms with van der Waals surface area (Å²) in [5, 5.41) is 0. The fraction of sp³-hybridized carbons (Fsp3) is 0.273. The van der Waals surface area contributed by atoms with Gasteiger partial charge in [-0.25, -0.2) is 4.79 Å². The zero-order valence-corrected chi connectivity index (χ0v) is 16.5. The second-order valence-corrected chi connectivity index (χ2v) is 5.86. The molecule has 0 bridgehead atoms. The van der Waals surface area contributed by atoms with E-state index in [0.717, 1.165) is 12.0 Å². The van der Waals surface area contributed by atoms with Crippen LogP contribution in [-0.4, -0.2) is 39.7 Å². The highest BCUT2D eigenvalue weighted by atomic mass is 16.5. The fourth-order valence-corrected chi connectivity index (χ4v) is 2.54. The van der Waals surface area contributed by atoms with Crippen molar-refractivity contribution in [2.24, 2.45) is 0 Å². The van der Waals surface area contributed by atoms with Crippen LogP contribution in [0.1, 0.15) is 28.4 Å². The SMILES string of the molecule is CCc1ccc(C(=O)COC(=O)/C=C/c2cc(OC)c(OC)cc2OC)cc1. The van der Waals surface area contributed by atoms with Gasteiger partial charge >= 0.3 is 5.97 Å². The van der Waals surface area contributed by atoms with Crippen LogP contribution in [0.2, 0.25) is 0 Å². The van der Waals surface area contributed by atoms with E-state index in [9.17, 15) is 9.59 Å². The number of carbonyl (C=O) groups excluding carboxylic acids is 2. The van der Waals surface area contributed by atoms with Crippen LogP contribution in [0.15, 0.2) is 42.5 Å². The van der Waals surface area contributed by atoms with E-state index in [0.29, 0.717) is 28.4 Å². The molecule has 0 atom stereocenters. The van der Waals surface area contributed by atoms with E-state index in [4.69, 9.17) is 18.9 Å². The molecular weight excluding hydrogens is 360 g/mol. The molecule has 0 amide bonds. The van der Waals surface area contributed by atoms with Crippen molar-refractivity contribution in [2.75, 3.05) is 27.9 Å². The van der Waals surface area contributed by atoms with Gasteiger partial charge in [0.25, 0.3) is 0 Å². The van der Waals surface area contributed by atoms with E-state index in [2.05, 4.69) is 0 Å². The van der Waals surface area contributed by atoms with Crippen LogP contribution >= 0.6 is 0 Å². The van der Waals surface area contributed by atoms with E-state index in [-0.39, 0.29) is 12.4 Å². The molecule has 0 heterocycles. The van der Waals surface area contributed by atoms with Gasteiger partial charge in [0.1, 0.15) is 5.75 Å². The molecule has 0 aliphatic heterocycles. The van der Waals surface area contributed by atoms with E-state index in [1.54, 1.807) is 24.3 Å². The first kappa shape index (κ1) is 21.0. The molecule has 2 rings (SSSR count). The first-order chi connectivity index (χ1) is 13.5. The Hall–Kier alpha value is -3.28. The van der Waals surface area contributed by atoms with E-state index in [1.165, 1.54) is 33.5 Å². The maximum atomic E-state index is 12.1. The molecule has 0 aliphatic rings. The summed E-state index contributed by atoms with van der Waals surface area (Å²) in [5.41, 5.74) is 2.26. The lowest BCUT2D eigenvalue weighted by molar-refractivity contribution is -0.136. The Balaban J connectivity index is 2.02. The maximum Gasteiger partial charge on any atom is 0.331 e. The number of ketones is 1. The minimum Gasteiger partial charge on any atom is -0.496 e. The molecule has 0 radical (unpaired) electrons. The Labute approximate surface area is 164 Å². The molecule has 2 aromatic carbocycles. The van der Waals surface area contributed by atoms with Crippen molar-refractivity contribution in [3.05, 3.63) is 59.2 Å². The molecule has 0 saturated carbocycles. The molecule has 0 unspecified atom stereocenters. The number of Topliss-reactive ketones (excluding diaryl/α,β-unsaturated/α-hetero) is 1. The third-order valence-electron chi connectivity index (χ3n) is 4.16. The lowest BCUT2D eigenvalue weighted by Crippen LogP contribution is -2.12. The van der Waals surface area contributed by atoms with Gasteiger partial charge in [0.2, 0.25) is 0 Å². The average Bonchev–Trinajstić information content (AvgIpc) is 2.75. The molecule has 0 fully saturated rings. The number of hydrogen-bond acceptors (Lipinski definition) is 6. The molecule has 6 nitrogen and oxygen atoms in total. The maximum absolute atomic E-state index is 12.1. The third-order valence-corrected chi connectivity index (χ3v) is 4.16. The second kappa shape index (κ2) is 10.2. The monoisotopic (exact) mass is 384 g/mol. The van der Waals surface area contributed by atoms with Gasteiger partial charge in [-0.15, -0.1) is 0 Å². The van der Waals surface area contributed by atoms with Gasteiger partial charge in [0.05, 0.1) is 21.3 Å². The van der Waals surface area contributed by atoms with Crippen molar-refractivity contribution in [3.8, 4) is 17.2 Å². The van der Waals surface area contributed by atoms with Crippen LogP contribution in [0.3, 0.4) is 0 Å². The van der Waals surface area contributed by atoms with Crippen LogP contribution in [0.5, 0.6) is 17.2 Å². The number of methoxy groups -OCH3 is 3. The quantitative estimate of drug-likeness (QED) is 0.373. The van der Waals surface area contributed by atoms with Gasteiger partial charge in [-0.1, -0.05) is 31.2 Å². The fourth-order valence-electron chi connectivity index (χ4n) is 2.54. The second-order valence-electron chi connectivity index (χ2n) is 5.86. The minimum atomic E-state index is -0.629. The first-order valence-electron chi connectivity index (χ1n) is 8.79. The normalized spacial score (nSPS) is 10.6. The summed E-state index contributed by atoms with van der Waals surface area (Å²) in [6.07, 6.45) is 3.66. The van der Waals surface area contributed by atoms with Crippen molar-refractivity contribution < 1.29 is 28.5 Å². The van der Waals surface area contributed by atoms with Crippen molar-refractivity contribution in [1.82, 2.24) is 0 Å². The highest BCUT2D eigenvalue weighted by Crippen LogP contribution is 2.35. The number of esters is 1. The van der Waals surface area contributed by atoms with Gasteiger partial charge < -0.3 is 18.9 Å². The van der Waals surface area contributed by atoms with Crippen LogP contribution in [-0.2, 0) is 16.0 Å². The highest BCUT2D eigenvalue weighted by molar-refractivity contribution is 5.99. The number of benzene rings is 2. The zero-order valence-electron chi connectivity index (χ0n) is 16.5. The largest absolute Gasteiger partial charge is 0.496 e. The topological polar surface area (TPSA) is 71.1 Å². The molecule has 0 N–H and O–H groups in total. The standard InChI is InChI=1S/C22H24O6/c1-5-15-6-8-16(9-7-15)18(23)14-28-22(24)11-10-17-12-20(26-3)21(27-4)13-19(17)25-2/h6-13H,5,14H2,1-4H3/b11-10+. The molecule has 2 aromatic rings. The van der Waals surface area contributed by atoms with Crippen LogP contribution in [0.25, 0.3) is 6.08 Å². The molecule has 0 aromatic heterocycles. The molecule has 6 heteroatoms. The van der Waals surface area contributed by atoms with E-state index in [1.807, 2.05) is 19.1 Å². The molecule has 148 valence electrons. The van der Waals surface area contributed by atoms with E-state index < -0.39 is 5.97 Å². The Morgan fingerprint density at radius 1 is 0.893 bits per heavy atom. The van der Waals surface area contributed by atoms with Crippen molar-refractivity contribution in [1.29, 1.82) is 0 Å². The molecular formula is C22H24O6. The molecule has 0 spiro atoms. The minimum absolute atomic E-state index is 0.256. The highest BCUT2D eigenvalue weighted by Gasteiger charge is 2.11. The van der Waals surface area contributed by atoms with Crippen molar-refractivity contribution in [2.45, 2.75) is 13.3 Å². The summed E-state index contributed by atoms with van der Waals surface area (Å²) >= 11 is 0. The van der Waals surface area contributed by atoms with Crippen molar-refractivity contribution in [3.63, 3.8) is 0 Å². The Morgan fingerprint density at radius 3 is 2.07 bits per heavy atom. The van der Waals surface area contributed by atoms with Gasteiger partial charge in [-0.3, -0.25) is 4.79 Å². The summed E-state index contributed by atoms with van der Waals surface area (Å²) < 4.78 is 20.8. The third kappa shape index (κ3) is 5.36. The summed E-state index contributed by atoms with van der Waals surface area (Å²) in [6.45, 7) is 1.72. The average molecular weight is 384 g/mol. The Morgan fingerprint density at radius 2 is 1.50 bits per heavy atom. The number of hydrogen-bond donors (Lipinski definition) is 0. The predicted octanol–water partition coefficient (Wildman–Crippen LogP) is 3.71. The van der Waals surface area contributed by atoms with Gasteiger partial charge in [0, 0.05) is 23.3 Å². The number of rotatable bonds is 9. The predicted molar refractivity (Wildman–Crippen MR) is 106 cm³/mol. The van der Waals surface area contributed by atoms with Crippen molar-refractivity contribution >= 4 is 17.8 Å². The van der Waals surface area contributed by atoms with Gasteiger partial charge in [-0.2, -0.15) is 0 Å². The Bertz CT molecular complexity index is 852. The lowest BCUT2D eigenvalue weighted by atomic mass is 10.1. The zero-order chi connectivity index (χ0) is 20.5. The molecule has 0 saturated heterocycles. The number of ether oxygens (including phenoxy) is 4. The van der Waals surface area contributed by atoms with E-state index >= 15 is 0 Å². The number of aryl methyl sites for hydroxylation is 1. The smallest absolute Gasteiger partial charge is 0.331 e. The van der Waals surface area contributed by atoms with Crippen LogP contribution in [0, 0.1) is 0 Å². The van der Waals surface area contributed by atoms with Gasteiger partial charge in [-0.05, 0) is 24.1 Å². The molecule has 0 aliphatic carbocycles. The summed E-state index contributed by atoms with van der Waals surface area (Å²) in [7, 11) is 4.56. The summed E-state index contributed by atoms with van der Waals surface area (Å²) in [4.78, 5) is 24.1. The first-order valence-corrected chi connectivity index (χ1v) is 8.79. The van der Waals surface area contributed by atoms with Gasteiger partial charge in [0.15, 0.2) is 23.9 Å². The Kier molecular flexibility index (Phi) is 7.63. The summed E-state index contributed by atoms with van der Waals surface area (Å²) in [5.74, 6) is 0.637.